The van der Waals surface area contributed by atoms with E-state index in [1.807, 2.05) is 6.92 Å². The minimum atomic E-state index is -0.363. The SMILES string of the molecule is Cc1cc(CNC(=O)c2ccc(F)cc2)ncn1. The molecule has 0 radical (unpaired) electrons. The van der Waals surface area contributed by atoms with Gasteiger partial charge in [-0.2, -0.15) is 0 Å². The number of benzene rings is 1. The van der Waals surface area contributed by atoms with Gasteiger partial charge in [0, 0.05) is 11.3 Å². The van der Waals surface area contributed by atoms with Crippen LogP contribution in [0.2, 0.25) is 0 Å². The van der Waals surface area contributed by atoms with Gasteiger partial charge in [0.15, 0.2) is 0 Å². The van der Waals surface area contributed by atoms with E-state index in [1.54, 1.807) is 6.07 Å². The maximum atomic E-state index is 12.7. The molecule has 0 fully saturated rings. The quantitative estimate of drug-likeness (QED) is 0.897. The third kappa shape index (κ3) is 3.10. The number of hydrogen-bond acceptors (Lipinski definition) is 3. The Hall–Kier alpha value is -2.30. The van der Waals surface area contributed by atoms with Crippen molar-refractivity contribution in [2.45, 2.75) is 13.5 Å². The number of aromatic nitrogens is 2. The van der Waals surface area contributed by atoms with Crippen LogP contribution in [0.25, 0.3) is 0 Å². The molecule has 0 atom stereocenters. The summed E-state index contributed by atoms with van der Waals surface area (Å²) in [5.74, 6) is -0.621. The second-order valence-corrected chi connectivity index (χ2v) is 3.84. The number of aryl methyl sites for hydroxylation is 1. The summed E-state index contributed by atoms with van der Waals surface area (Å²) in [4.78, 5) is 19.7. The van der Waals surface area contributed by atoms with Crippen LogP contribution >= 0.6 is 0 Å². The highest BCUT2D eigenvalue weighted by Crippen LogP contribution is 2.03. The van der Waals surface area contributed by atoms with Crippen molar-refractivity contribution < 1.29 is 9.18 Å². The highest BCUT2D eigenvalue weighted by molar-refractivity contribution is 5.94. The predicted octanol–water partition coefficient (Wildman–Crippen LogP) is 1.85. The van der Waals surface area contributed by atoms with Gasteiger partial charge in [-0.15, -0.1) is 0 Å². The summed E-state index contributed by atoms with van der Waals surface area (Å²) in [7, 11) is 0. The summed E-state index contributed by atoms with van der Waals surface area (Å²) in [6, 6.07) is 7.18. The number of nitrogens with zero attached hydrogens (tertiary/aromatic N) is 2. The fourth-order valence-electron chi connectivity index (χ4n) is 1.48. The molecular formula is C13H12FN3O. The smallest absolute Gasteiger partial charge is 0.251 e. The number of halogens is 1. The van der Waals surface area contributed by atoms with Gasteiger partial charge in [-0.25, -0.2) is 14.4 Å². The van der Waals surface area contributed by atoms with Crippen LogP contribution in [0.3, 0.4) is 0 Å². The molecule has 0 spiro atoms. The lowest BCUT2D eigenvalue weighted by Crippen LogP contribution is -2.23. The summed E-state index contributed by atoms with van der Waals surface area (Å²) in [5, 5.41) is 2.71. The summed E-state index contributed by atoms with van der Waals surface area (Å²) in [6.45, 7) is 2.17. The normalized spacial score (nSPS) is 10.1. The van der Waals surface area contributed by atoms with Crippen molar-refractivity contribution in [1.82, 2.24) is 15.3 Å². The molecule has 5 heteroatoms. The Balaban J connectivity index is 1.98. The third-order valence-corrected chi connectivity index (χ3v) is 2.40. The van der Waals surface area contributed by atoms with Crippen LogP contribution < -0.4 is 5.32 Å². The lowest BCUT2D eigenvalue weighted by molar-refractivity contribution is 0.0950. The van der Waals surface area contributed by atoms with Crippen molar-refractivity contribution in [3.8, 4) is 0 Å². The molecule has 1 aromatic carbocycles. The number of rotatable bonds is 3. The fourth-order valence-corrected chi connectivity index (χ4v) is 1.48. The van der Waals surface area contributed by atoms with Crippen LogP contribution in [0, 0.1) is 12.7 Å². The minimum Gasteiger partial charge on any atom is -0.346 e. The maximum absolute atomic E-state index is 12.7. The molecule has 0 bridgehead atoms. The topological polar surface area (TPSA) is 54.9 Å². The molecule has 0 aliphatic rings. The summed E-state index contributed by atoms with van der Waals surface area (Å²) < 4.78 is 12.7. The summed E-state index contributed by atoms with van der Waals surface area (Å²) in [5.41, 5.74) is 2.00. The van der Waals surface area contributed by atoms with E-state index in [9.17, 15) is 9.18 Å². The van der Waals surface area contributed by atoms with Crippen molar-refractivity contribution in [2.75, 3.05) is 0 Å². The molecule has 4 nitrogen and oxygen atoms in total. The van der Waals surface area contributed by atoms with E-state index in [-0.39, 0.29) is 11.7 Å². The second kappa shape index (κ2) is 5.35. The van der Waals surface area contributed by atoms with Crippen LogP contribution in [0.1, 0.15) is 21.7 Å². The van der Waals surface area contributed by atoms with Gasteiger partial charge in [0.2, 0.25) is 0 Å². The standard InChI is InChI=1S/C13H12FN3O/c1-9-6-12(17-8-16-9)7-15-13(18)10-2-4-11(14)5-3-10/h2-6,8H,7H2,1H3,(H,15,18). The molecule has 1 amide bonds. The van der Waals surface area contributed by atoms with Gasteiger partial charge >= 0.3 is 0 Å². The van der Waals surface area contributed by atoms with Gasteiger partial charge in [-0.3, -0.25) is 4.79 Å². The molecule has 1 heterocycles. The van der Waals surface area contributed by atoms with Gasteiger partial charge < -0.3 is 5.32 Å². The first-order valence-electron chi connectivity index (χ1n) is 5.46. The number of nitrogens with one attached hydrogen (secondary N) is 1. The molecule has 2 rings (SSSR count). The molecule has 0 aliphatic heterocycles. The van der Waals surface area contributed by atoms with Crippen LogP contribution in [-0.2, 0) is 6.54 Å². The van der Waals surface area contributed by atoms with Crippen molar-refractivity contribution in [1.29, 1.82) is 0 Å². The highest BCUT2D eigenvalue weighted by Gasteiger charge is 2.05. The average Bonchev–Trinajstić information content (AvgIpc) is 2.37. The van der Waals surface area contributed by atoms with Crippen molar-refractivity contribution in [2.24, 2.45) is 0 Å². The van der Waals surface area contributed by atoms with Crippen LogP contribution in [0.5, 0.6) is 0 Å². The Morgan fingerprint density at radius 3 is 2.67 bits per heavy atom. The first-order valence-corrected chi connectivity index (χ1v) is 5.46. The second-order valence-electron chi connectivity index (χ2n) is 3.84. The van der Waals surface area contributed by atoms with Crippen molar-refractivity contribution in [3.05, 3.63) is 59.4 Å². The summed E-state index contributed by atoms with van der Waals surface area (Å²) in [6.07, 6.45) is 1.45. The lowest BCUT2D eigenvalue weighted by atomic mass is 10.2. The predicted molar refractivity (Wildman–Crippen MR) is 64.3 cm³/mol. The molecule has 0 saturated carbocycles. The zero-order valence-corrected chi connectivity index (χ0v) is 9.85. The largest absolute Gasteiger partial charge is 0.346 e. The molecule has 1 N–H and O–H groups in total. The minimum absolute atomic E-state index is 0.258. The van der Waals surface area contributed by atoms with E-state index >= 15 is 0 Å². The first-order chi connectivity index (χ1) is 8.65. The molecule has 0 saturated heterocycles. The molecule has 92 valence electrons. The van der Waals surface area contributed by atoms with Gasteiger partial charge in [-0.1, -0.05) is 0 Å². The zero-order valence-electron chi connectivity index (χ0n) is 9.85. The Morgan fingerprint density at radius 2 is 2.00 bits per heavy atom. The summed E-state index contributed by atoms with van der Waals surface area (Å²) >= 11 is 0. The van der Waals surface area contributed by atoms with Crippen molar-refractivity contribution >= 4 is 5.91 Å². The number of amides is 1. The van der Waals surface area contributed by atoms with E-state index in [4.69, 9.17) is 0 Å². The molecule has 18 heavy (non-hydrogen) atoms. The Kier molecular flexibility index (Phi) is 3.62. The van der Waals surface area contributed by atoms with E-state index in [0.717, 1.165) is 11.4 Å². The molecule has 2 aromatic rings. The van der Waals surface area contributed by atoms with Gasteiger partial charge in [0.05, 0.1) is 12.2 Å². The zero-order chi connectivity index (χ0) is 13.0. The van der Waals surface area contributed by atoms with E-state index in [1.165, 1.54) is 30.6 Å². The third-order valence-electron chi connectivity index (χ3n) is 2.40. The first kappa shape index (κ1) is 12.2. The lowest BCUT2D eigenvalue weighted by Gasteiger charge is -2.05. The Bertz CT molecular complexity index is 554. The number of hydrogen-bond donors (Lipinski definition) is 1. The fraction of sp³-hybridized carbons (Fsp3) is 0.154. The molecule has 0 aliphatic carbocycles. The molecule has 1 aromatic heterocycles. The van der Waals surface area contributed by atoms with Gasteiger partial charge in [0.25, 0.3) is 5.91 Å². The van der Waals surface area contributed by atoms with Crippen LogP contribution in [0.4, 0.5) is 4.39 Å². The van der Waals surface area contributed by atoms with Gasteiger partial charge in [0.1, 0.15) is 12.1 Å². The van der Waals surface area contributed by atoms with Crippen LogP contribution in [-0.4, -0.2) is 15.9 Å². The number of carbonyl (C=O) groups is 1. The molecule has 0 unspecified atom stereocenters. The van der Waals surface area contributed by atoms with Gasteiger partial charge in [-0.05, 0) is 37.3 Å². The van der Waals surface area contributed by atoms with Crippen LogP contribution in [0.15, 0.2) is 36.7 Å². The van der Waals surface area contributed by atoms with Crippen molar-refractivity contribution in [3.63, 3.8) is 0 Å². The molecular weight excluding hydrogens is 233 g/mol. The highest BCUT2D eigenvalue weighted by atomic mass is 19.1. The van der Waals surface area contributed by atoms with E-state index in [2.05, 4.69) is 15.3 Å². The average molecular weight is 245 g/mol. The number of carbonyl (C=O) groups excluding carboxylic acids is 1. The maximum Gasteiger partial charge on any atom is 0.251 e. The Morgan fingerprint density at radius 1 is 1.28 bits per heavy atom. The monoisotopic (exact) mass is 245 g/mol. The van der Waals surface area contributed by atoms with E-state index < -0.39 is 0 Å². The Labute approximate surface area is 104 Å². The van der Waals surface area contributed by atoms with E-state index in [0.29, 0.717) is 12.1 Å².